The summed E-state index contributed by atoms with van der Waals surface area (Å²) in [6, 6.07) is 13.0. The zero-order valence-electron chi connectivity index (χ0n) is 15.9. The molecule has 8 heteroatoms. The molecule has 152 valence electrons. The van der Waals surface area contributed by atoms with Crippen molar-refractivity contribution in [3.8, 4) is 5.75 Å². The molecule has 1 fully saturated rings. The molecule has 1 aliphatic heterocycles. The normalized spacial score (nSPS) is 15.0. The highest BCUT2D eigenvalue weighted by Crippen LogP contribution is 2.13. The smallest absolute Gasteiger partial charge is 0.419 e. The van der Waals surface area contributed by atoms with Crippen molar-refractivity contribution < 1.29 is 18.3 Å². The van der Waals surface area contributed by atoms with Crippen molar-refractivity contribution in [1.29, 1.82) is 0 Å². The zero-order chi connectivity index (χ0) is 20.2. The second-order valence-electron chi connectivity index (χ2n) is 6.95. The van der Waals surface area contributed by atoms with E-state index in [1.165, 1.54) is 24.3 Å². The fourth-order valence-electron chi connectivity index (χ4n) is 3.46. The minimum Gasteiger partial charge on any atom is -0.484 e. The molecule has 0 radical (unpaired) electrons. The number of para-hydroxylation sites is 2. The summed E-state index contributed by atoms with van der Waals surface area (Å²) in [4.78, 5) is 28.4. The molecule has 0 aliphatic carbocycles. The molecule has 4 rings (SSSR count). The average Bonchev–Trinajstić information content (AvgIpc) is 3.07. The summed E-state index contributed by atoms with van der Waals surface area (Å²) < 4.78 is 25.2. The van der Waals surface area contributed by atoms with Crippen molar-refractivity contribution in [3.05, 3.63) is 64.9 Å². The maximum atomic E-state index is 12.9. The van der Waals surface area contributed by atoms with Gasteiger partial charge in [-0.15, -0.1) is 0 Å². The van der Waals surface area contributed by atoms with Gasteiger partial charge in [0.05, 0.1) is 5.52 Å². The predicted molar refractivity (Wildman–Crippen MR) is 105 cm³/mol. The average molecular weight is 399 g/mol. The lowest BCUT2D eigenvalue weighted by molar-refractivity contribution is -0.135. The Morgan fingerprint density at radius 2 is 1.72 bits per heavy atom. The van der Waals surface area contributed by atoms with Crippen LogP contribution in [-0.4, -0.2) is 59.6 Å². The van der Waals surface area contributed by atoms with Gasteiger partial charge in [0, 0.05) is 39.3 Å². The van der Waals surface area contributed by atoms with Crippen molar-refractivity contribution in [2.45, 2.75) is 6.54 Å². The van der Waals surface area contributed by atoms with E-state index in [-0.39, 0.29) is 24.1 Å². The van der Waals surface area contributed by atoms with Crippen LogP contribution >= 0.6 is 0 Å². The third-order valence-electron chi connectivity index (χ3n) is 5.11. The molecule has 0 N–H and O–H groups in total. The van der Waals surface area contributed by atoms with Crippen LogP contribution in [-0.2, 0) is 11.3 Å². The van der Waals surface area contributed by atoms with Crippen molar-refractivity contribution in [2.24, 2.45) is 0 Å². The summed E-state index contributed by atoms with van der Waals surface area (Å²) >= 11 is 0. The molecule has 0 atom stereocenters. The number of halogens is 1. The third kappa shape index (κ3) is 4.48. The molecule has 7 nitrogen and oxygen atoms in total. The van der Waals surface area contributed by atoms with E-state index in [2.05, 4.69) is 4.90 Å². The van der Waals surface area contributed by atoms with E-state index >= 15 is 0 Å². The molecule has 2 aromatic carbocycles. The van der Waals surface area contributed by atoms with E-state index in [0.717, 1.165) is 18.6 Å². The molecule has 0 bridgehead atoms. The van der Waals surface area contributed by atoms with Crippen molar-refractivity contribution in [1.82, 2.24) is 14.4 Å². The highest BCUT2D eigenvalue weighted by molar-refractivity contribution is 5.78. The second kappa shape index (κ2) is 8.48. The Labute approximate surface area is 166 Å². The standard InChI is InChI=1S/C21H22FN3O4/c22-16-5-7-17(8-6-16)28-15-20(26)24-12-9-23(10-13-24)11-14-25-18-3-1-2-4-19(18)29-21(25)27/h1-8H,9-15H2. The molecule has 0 spiro atoms. The van der Waals surface area contributed by atoms with Gasteiger partial charge in [0.1, 0.15) is 11.6 Å². The van der Waals surface area contributed by atoms with Gasteiger partial charge in [0.2, 0.25) is 0 Å². The van der Waals surface area contributed by atoms with Crippen LogP contribution < -0.4 is 10.5 Å². The van der Waals surface area contributed by atoms with E-state index in [9.17, 15) is 14.0 Å². The van der Waals surface area contributed by atoms with Gasteiger partial charge in [-0.1, -0.05) is 12.1 Å². The van der Waals surface area contributed by atoms with Gasteiger partial charge < -0.3 is 14.1 Å². The van der Waals surface area contributed by atoms with Crippen molar-refractivity contribution in [2.75, 3.05) is 39.3 Å². The van der Waals surface area contributed by atoms with E-state index in [0.29, 0.717) is 37.5 Å². The summed E-state index contributed by atoms with van der Waals surface area (Å²) in [7, 11) is 0. The Morgan fingerprint density at radius 1 is 1.00 bits per heavy atom. The molecular weight excluding hydrogens is 377 g/mol. The van der Waals surface area contributed by atoms with E-state index in [1.54, 1.807) is 15.5 Å². The number of benzene rings is 2. The van der Waals surface area contributed by atoms with Gasteiger partial charge in [-0.3, -0.25) is 14.3 Å². The molecule has 1 amide bonds. The molecule has 29 heavy (non-hydrogen) atoms. The first-order valence-electron chi connectivity index (χ1n) is 9.57. The number of piperazine rings is 1. The van der Waals surface area contributed by atoms with Crippen LogP contribution in [0.25, 0.3) is 11.1 Å². The lowest BCUT2D eigenvalue weighted by atomic mass is 10.3. The largest absolute Gasteiger partial charge is 0.484 e. The molecule has 1 aliphatic rings. The van der Waals surface area contributed by atoms with Crippen molar-refractivity contribution >= 4 is 17.0 Å². The molecule has 0 saturated carbocycles. The van der Waals surface area contributed by atoms with Crippen LogP contribution in [0.3, 0.4) is 0 Å². The second-order valence-corrected chi connectivity index (χ2v) is 6.95. The van der Waals surface area contributed by atoms with Crippen LogP contribution in [0, 0.1) is 5.82 Å². The Kier molecular flexibility index (Phi) is 5.62. The highest BCUT2D eigenvalue weighted by Gasteiger charge is 2.21. The van der Waals surface area contributed by atoms with Gasteiger partial charge in [-0.05, 0) is 36.4 Å². The summed E-state index contributed by atoms with van der Waals surface area (Å²) in [6.45, 7) is 3.84. The van der Waals surface area contributed by atoms with Crippen LogP contribution in [0.4, 0.5) is 4.39 Å². The number of carbonyl (C=O) groups is 1. The summed E-state index contributed by atoms with van der Waals surface area (Å²) in [6.07, 6.45) is 0. The Balaban J connectivity index is 1.25. The minimum absolute atomic E-state index is 0.0674. The number of amides is 1. The number of oxazole rings is 1. The summed E-state index contributed by atoms with van der Waals surface area (Å²) in [5, 5.41) is 0. The molecule has 1 aromatic heterocycles. The van der Waals surface area contributed by atoms with Crippen LogP contribution in [0.5, 0.6) is 5.75 Å². The van der Waals surface area contributed by atoms with Gasteiger partial charge in [-0.25, -0.2) is 9.18 Å². The van der Waals surface area contributed by atoms with Gasteiger partial charge in [0.15, 0.2) is 12.2 Å². The lowest BCUT2D eigenvalue weighted by Gasteiger charge is -2.34. The maximum absolute atomic E-state index is 12.9. The molecule has 2 heterocycles. The number of hydrogen-bond acceptors (Lipinski definition) is 5. The number of nitrogens with zero attached hydrogens (tertiary/aromatic N) is 3. The number of rotatable bonds is 6. The summed E-state index contributed by atoms with van der Waals surface area (Å²) in [5.74, 6) is -0.314. The Bertz CT molecular complexity index is 1040. The minimum atomic E-state index is -0.349. The number of hydrogen-bond donors (Lipinski definition) is 0. The topological polar surface area (TPSA) is 67.9 Å². The lowest BCUT2D eigenvalue weighted by Crippen LogP contribution is -2.50. The van der Waals surface area contributed by atoms with E-state index < -0.39 is 0 Å². The number of aromatic nitrogens is 1. The fraction of sp³-hybridized carbons (Fsp3) is 0.333. The Morgan fingerprint density at radius 3 is 2.48 bits per heavy atom. The highest BCUT2D eigenvalue weighted by atomic mass is 19.1. The predicted octanol–water partition coefficient (Wildman–Crippen LogP) is 1.96. The van der Waals surface area contributed by atoms with Gasteiger partial charge in [0.25, 0.3) is 5.91 Å². The van der Waals surface area contributed by atoms with Crippen LogP contribution in [0.15, 0.2) is 57.7 Å². The number of fused-ring (bicyclic) bond motifs is 1. The first-order valence-corrected chi connectivity index (χ1v) is 9.57. The molecular formula is C21H22FN3O4. The quantitative estimate of drug-likeness (QED) is 0.634. The number of carbonyl (C=O) groups excluding carboxylic acids is 1. The monoisotopic (exact) mass is 399 g/mol. The van der Waals surface area contributed by atoms with Crippen LogP contribution in [0.2, 0.25) is 0 Å². The maximum Gasteiger partial charge on any atom is 0.419 e. The molecule has 0 unspecified atom stereocenters. The molecule has 3 aromatic rings. The van der Waals surface area contributed by atoms with Gasteiger partial charge in [-0.2, -0.15) is 0 Å². The Hall–Kier alpha value is -3.13. The van der Waals surface area contributed by atoms with E-state index in [1.807, 2.05) is 18.2 Å². The first-order chi connectivity index (χ1) is 14.1. The fourth-order valence-corrected chi connectivity index (χ4v) is 3.46. The van der Waals surface area contributed by atoms with Gasteiger partial charge >= 0.3 is 5.76 Å². The van der Waals surface area contributed by atoms with E-state index in [4.69, 9.17) is 9.15 Å². The third-order valence-corrected chi connectivity index (χ3v) is 5.11. The van der Waals surface area contributed by atoms with Crippen molar-refractivity contribution in [3.63, 3.8) is 0 Å². The molecule has 1 saturated heterocycles. The SMILES string of the molecule is O=C(COc1ccc(F)cc1)N1CCN(CCn2c(=O)oc3ccccc32)CC1. The van der Waals surface area contributed by atoms with Crippen LogP contribution in [0.1, 0.15) is 0 Å². The first kappa shape index (κ1) is 19.2. The number of ether oxygens (including phenoxy) is 1. The summed E-state index contributed by atoms with van der Waals surface area (Å²) in [5.41, 5.74) is 1.39. The zero-order valence-corrected chi connectivity index (χ0v) is 15.9.